The van der Waals surface area contributed by atoms with Gasteiger partial charge in [-0.3, -0.25) is 10.1 Å². The molecule has 1 N–H and O–H groups in total. The molecule has 0 heterocycles. The number of nitro groups is 1. The highest BCUT2D eigenvalue weighted by atomic mass is 79.9. The summed E-state index contributed by atoms with van der Waals surface area (Å²) in [5.74, 6) is 0.567. The molecular formula is C13H17BrN2O2. The number of benzene rings is 1. The first-order valence-corrected chi connectivity index (χ1v) is 7.07. The summed E-state index contributed by atoms with van der Waals surface area (Å²) in [5.41, 5.74) is 0.768. The van der Waals surface area contributed by atoms with E-state index in [1.807, 2.05) is 0 Å². The van der Waals surface area contributed by atoms with Crippen LogP contribution in [-0.2, 0) is 0 Å². The van der Waals surface area contributed by atoms with Crippen LogP contribution in [0.5, 0.6) is 0 Å². The Balaban J connectivity index is 2.21. The first-order chi connectivity index (χ1) is 8.58. The van der Waals surface area contributed by atoms with Crippen molar-refractivity contribution in [2.45, 2.75) is 38.6 Å². The summed E-state index contributed by atoms with van der Waals surface area (Å²) >= 11 is 3.36. The maximum Gasteiger partial charge on any atom is 0.292 e. The minimum Gasteiger partial charge on any atom is -0.376 e. The second-order valence-corrected chi connectivity index (χ2v) is 5.85. The largest absolute Gasteiger partial charge is 0.376 e. The Morgan fingerprint density at radius 2 is 2.11 bits per heavy atom. The molecule has 0 aliphatic heterocycles. The molecule has 98 valence electrons. The second-order valence-electron chi connectivity index (χ2n) is 4.93. The fourth-order valence-electron chi connectivity index (χ4n) is 2.51. The van der Waals surface area contributed by atoms with Crippen molar-refractivity contribution >= 4 is 27.3 Å². The summed E-state index contributed by atoms with van der Waals surface area (Å²) in [6.45, 7) is 2.21. The van der Waals surface area contributed by atoms with Crippen LogP contribution in [0.25, 0.3) is 0 Å². The van der Waals surface area contributed by atoms with Crippen LogP contribution in [0.2, 0.25) is 0 Å². The van der Waals surface area contributed by atoms with Crippen molar-refractivity contribution in [3.63, 3.8) is 0 Å². The van der Waals surface area contributed by atoms with Gasteiger partial charge >= 0.3 is 0 Å². The smallest absolute Gasteiger partial charge is 0.292 e. The third-order valence-electron chi connectivity index (χ3n) is 3.61. The molecule has 0 bridgehead atoms. The summed E-state index contributed by atoms with van der Waals surface area (Å²) in [4.78, 5) is 10.7. The quantitative estimate of drug-likeness (QED) is 0.667. The Morgan fingerprint density at radius 1 is 1.39 bits per heavy atom. The summed E-state index contributed by atoms with van der Waals surface area (Å²) in [6.07, 6.45) is 4.74. The van der Waals surface area contributed by atoms with Crippen LogP contribution < -0.4 is 5.32 Å². The fraction of sp³-hybridized carbons (Fsp3) is 0.538. The van der Waals surface area contributed by atoms with Gasteiger partial charge in [-0.1, -0.05) is 35.7 Å². The van der Waals surface area contributed by atoms with Crippen LogP contribution in [-0.4, -0.2) is 11.0 Å². The first kappa shape index (κ1) is 13.3. The third kappa shape index (κ3) is 3.02. The third-order valence-corrected chi connectivity index (χ3v) is 4.10. The van der Waals surface area contributed by atoms with E-state index in [1.54, 1.807) is 18.2 Å². The Morgan fingerprint density at radius 3 is 2.78 bits per heavy atom. The van der Waals surface area contributed by atoms with Crippen LogP contribution in [0.4, 0.5) is 11.4 Å². The zero-order valence-electron chi connectivity index (χ0n) is 10.4. The van der Waals surface area contributed by atoms with Crippen molar-refractivity contribution in [3.8, 4) is 0 Å². The van der Waals surface area contributed by atoms with Crippen LogP contribution in [0.3, 0.4) is 0 Å². The van der Waals surface area contributed by atoms with E-state index in [0.717, 1.165) is 10.9 Å². The highest BCUT2D eigenvalue weighted by Crippen LogP contribution is 2.32. The van der Waals surface area contributed by atoms with Gasteiger partial charge in [0.15, 0.2) is 0 Å². The standard InChI is InChI=1S/C13H17BrN2O2/c1-9-4-2-3-5-11(9)15-12-8-10(14)6-7-13(12)16(17)18/h6-9,11,15H,2-5H2,1H3. The number of nitro benzene ring substituents is 1. The number of nitrogens with zero attached hydrogens (tertiary/aromatic N) is 1. The van der Waals surface area contributed by atoms with Gasteiger partial charge < -0.3 is 5.32 Å². The van der Waals surface area contributed by atoms with E-state index in [4.69, 9.17) is 0 Å². The molecule has 1 aromatic carbocycles. The number of nitrogens with one attached hydrogen (secondary N) is 1. The molecule has 0 saturated heterocycles. The Hall–Kier alpha value is -1.10. The molecule has 1 aliphatic rings. The fourth-order valence-corrected chi connectivity index (χ4v) is 2.87. The molecule has 18 heavy (non-hydrogen) atoms. The predicted molar refractivity (Wildman–Crippen MR) is 75.8 cm³/mol. The minimum absolute atomic E-state index is 0.149. The number of halogens is 1. The highest BCUT2D eigenvalue weighted by Gasteiger charge is 2.24. The van der Waals surface area contributed by atoms with Crippen molar-refractivity contribution in [1.82, 2.24) is 0 Å². The number of anilines is 1. The van der Waals surface area contributed by atoms with Gasteiger partial charge in [0, 0.05) is 16.6 Å². The summed E-state index contributed by atoms with van der Waals surface area (Å²) in [6, 6.07) is 5.37. The van der Waals surface area contributed by atoms with Gasteiger partial charge in [0.05, 0.1) is 4.92 Å². The van der Waals surface area contributed by atoms with Gasteiger partial charge in [0.2, 0.25) is 0 Å². The predicted octanol–water partition coefficient (Wildman–Crippen LogP) is 4.35. The van der Waals surface area contributed by atoms with Crippen LogP contribution >= 0.6 is 15.9 Å². The molecule has 0 aromatic heterocycles. The van der Waals surface area contributed by atoms with Crippen molar-refractivity contribution in [2.75, 3.05) is 5.32 Å². The van der Waals surface area contributed by atoms with E-state index in [2.05, 4.69) is 28.2 Å². The number of hydrogen-bond donors (Lipinski definition) is 1. The Labute approximate surface area is 115 Å². The van der Waals surface area contributed by atoms with Gasteiger partial charge in [-0.2, -0.15) is 0 Å². The van der Waals surface area contributed by atoms with E-state index in [0.29, 0.717) is 17.6 Å². The zero-order valence-corrected chi connectivity index (χ0v) is 11.9. The van der Waals surface area contributed by atoms with E-state index in [-0.39, 0.29) is 10.6 Å². The van der Waals surface area contributed by atoms with Crippen molar-refractivity contribution in [2.24, 2.45) is 5.92 Å². The monoisotopic (exact) mass is 312 g/mol. The van der Waals surface area contributed by atoms with Gasteiger partial charge in [0.1, 0.15) is 5.69 Å². The topological polar surface area (TPSA) is 55.2 Å². The van der Waals surface area contributed by atoms with E-state index in [1.165, 1.54) is 19.3 Å². The maximum atomic E-state index is 11.0. The molecule has 1 aromatic rings. The van der Waals surface area contributed by atoms with Crippen molar-refractivity contribution in [1.29, 1.82) is 0 Å². The zero-order chi connectivity index (χ0) is 13.1. The Bertz CT molecular complexity index is 451. The van der Waals surface area contributed by atoms with E-state index in [9.17, 15) is 10.1 Å². The van der Waals surface area contributed by atoms with Crippen LogP contribution in [0.15, 0.2) is 22.7 Å². The van der Waals surface area contributed by atoms with Crippen LogP contribution in [0, 0.1) is 16.0 Å². The SMILES string of the molecule is CC1CCCCC1Nc1cc(Br)ccc1[N+](=O)[O-]. The lowest BCUT2D eigenvalue weighted by molar-refractivity contribution is -0.384. The van der Waals surface area contributed by atoms with Crippen molar-refractivity contribution < 1.29 is 4.92 Å². The lowest BCUT2D eigenvalue weighted by Crippen LogP contribution is -2.30. The summed E-state index contributed by atoms with van der Waals surface area (Å²) < 4.78 is 0.860. The molecule has 0 spiro atoms. The number of rotatable bonds is 3. The molecule has 2 unspecified atom stereocenters. The van der Waals surface area contributed by atoms with Crippen molar-refractivity contribution in [3.05, 3.63) is 32.8 Å². The van der Waals surface area contributed by atoms with Crippen LogP contribution in [0.1, 0.15) is 32.6 Å². The molecule has 2 atom stereocenters. The first-order valence-electron chi connectivity index (χ1n) is 6.28. The normalized spacial score (nSPS) is 23.7. The van der Waals surface area contributed by atoms with E-state index >= 15 is 0 Å². The molecule has 5 heteroatoms. The molecule has 1 fully saturated rings. The van der Waals surface area contributed by atoms with Gasteiger partial charge in [0.25, 0.3) is 5.69 Å². The molecule has 4 nitrogen and oxygen atoms in total. The molecule has 2 rings (SSSR count). The average molecular weight is 313 g/mol. The molecule has 0 amide bonds. The van der Waals surface area contributed by atoms with E-state index < -0.39 is 0 Å². The van der Waals surface area contributed by atoms with Gasteiger partial charge in [-0.25, -0.2) is 0 Å². The lowest BCUT2D eigenvalue weighted by Gasteiger charge is -2.30. The lowest BCUT2D eigenvalue weighted by atomic mass is 9.86. The second kappa shape index (κ2) is 5.69. The molecule has 0 radical (unpaired) electrons. The summed E-state index contributed by atoms with van der Waals surface area (Å²) in [7, 11) is 0. The van der Waals surface area contributed by atoms with Gasteiger partial charge in [-0.05, 0) is 30.9 Å². The molecule has 1 aliphatic carbocycles. The average Bonchev–Trinajstić information content (AvgIpc) is 2.32. The minimum atomic E-state index is -0.331. The summed E-state index contributed by atoms with van der Waals surface area (Å²) in [5, 5.41) is 14.4. The number of hydrogen-bond acceptors (Lipinski definition) is 3. The Kier molecular flexibility index (Phi) is 4.22. The molecular weight excluding hydrogens is 296 g/mol. The molecule has 1 saturated carbocycles. The maximum absolute atomic E-state index is 11.0. The van der Waals surface area contributed by atoms with Gasteiger partial charge in [-0.15, -0.1) is 0 Å². The highest BCUT2D eigenvalue weighted by molar-refractivity contribution is 9.10.